The monoisotopic (exact) mass is 486 g/mol. The summed E-state index contributed by atoms with van der Waals surface area (Å²) in [6.07, 6.45) is 0.180. The van der Waals surface area contributed by atoms with E-state index in [4.69, 9.17) is 5.73 Å². The van der Waals surface area contributed by atoms with E-state index in [0.29, 0.717) is 11.1 Å². The van der Waals surface area contributed by atoms with Gasteiger partial charge in [0.1, 0.15) is 23.9 Å². The summed E-state index contributed by atoms with van der Waals surface area (Å²) >= 11 is 0. The number of phenols is 1. The molecule has 2 rings (SSSR count). The van der Waals surface area contributed by atoms with Crippen LogP contribution in [0.25, 0.3) is 0 Å². The number of hydrogen-bond acceptors (Lipinski definition) is 7. The van der Waals surface area contributed by atoms with Crippen molar-refractivity contribution < 1.29 is 34.5 Å². The van der Waals surface area contributed by atoms with Gasteiger partial charge in [0.2, 0.25) is 17.7 Å². The minimum absolute atomic E-state index is 0.0524. The molecule has 0 spiro atoms. The van der Waals surface area contributed by atoms with E-state index in [-0.39, 0.29) is 18.6 Å². The Kier molecular flexibility index (Phi) is 10.2. The number of carbonyl (C=O) groups excluding carboxylic acids is 3. The summed E-state index contributed by atoms with van der Waals surface area (Å²) in [5.41, 5.74) is 7.27. The number of amides is 3. The summed E-state index contributed by atoms with van der Waals surface area (Å²) in [4.78, 5) is 48.9. The Morgan fingerprint density at radius 3 is 1.94 bits per heavy atom. The number of nitrogens with one attached hydrogen (secondary N) is 3. The van der Waals surface area contributed by atoms with Crippen LogP contribution >= 0.6 is 0 Å². The number of aliphatic carboxylic acids is 1. The van der Waals surface area contributed by atoms with Crippen LogP contribution in [-0.4, -0.2) is 69.8 Å². The molecule has 0 saturated heterocycles. The van der Waals surface area contributed by atoms with Crippen molar-refractivity contribution in [3.8, 4) is 5.75 Å². The third-order valence-electron chi connectivity index (χ3n) is 5.19. The Balaban J connectivity index is 1.90. The fourth-order valence-corrected chi connectivity index (χ4v) is 3.18. The number of nitrogens with two attached hydrogens (primary N) is 1. The van der Waals surface area contributed by atoms with E-state index < -0.39 is 54.5 Å². The third-order valence-corrected chi connectivity index (χ3v) is 5.19. The first-order valence-electron chi connectivity index (χ1n) is 10.9. The van der Waals surface area contributed by atoms with E-state index in [9.17, 15) is 34.5 Å². The van der Waals surface area contributed by atoms with E-state index in [0.717, 1.165) is 0 Å². The summed E-state index contributed by atoms with van der Waals surface area (Å²) in [6.45, 7) is 0.602. The van der Waals surface area contributed by atoms with Gasteiger partial charge in [-0.3, -0.25) is 14.4 Å². The zero-order chi connectivity index (χ0) is 26.0. The van der Waals surface area contributed by atoms with E-state index in [2.05, 4.69) is 16.0 Å². The standard InChI is InChI=1S/C24H30N4O7/c1-14(21(31)27-19(24(34)35)12-15-5-3-2-4-6-15)26-23(33)20(13-29)28-22(32)18(25)11-16-7-9-17(30)10-8-16/h2-10,14,18-20,29-30H,11-13,25H2,1H3,(H,26,33)(H,27,31)(H,28,32)(H,34,35). The Hall–Kier alpha value is -3.96. The van der Waals surface area contributed by atoms with Crippen molar-refractivity contribution >= 4 is 23.7 Å². The summed E-state index contributed by atoms with van der Waals surface area (Å²) in [5, 5.41) is 35.4. The number of aliphatic hydroxyl groups excluding tert-OH is 1. The fourth-order valence-electron chi connectivity index (χ4n) is 3.18. The van der Waals surface area contributed by atoms with Gasteiger partial charge in [0, 0.05) is 6.42 Å². The molecule has 3 amide bonds. The van der Waals surface area contributed by atoms with Crippen molar-refractivity contribution in [3.63, 3.8) is 0 Å². The van der Waals surface area contributed by atoms with Crippen molar-refractivity contribution in [2.24, 2.45) is 5.73 Å². The minimum atomic E-state index is -1.37. The lowest BCUT2D eigenvalue weighted by Crippen LogP contribution is -2.57. The Morgan fingerprint density at radius 1 is 0.800 bits per heavy atom. The van der Waals surface area contributed by atoms with E-state index >= 15 is 0 Å². The van der Waals surface area contributed by atoms with Crippen LogP contribution in [0.15, 0.2) is 54.6 Å². The molecule has 188 valence electrons. The number of aliphatic hydroxyl groups is 1. The highest BCUT2D eigenvalue weighted by molar-refractivity contribution is 5.94. The van der Waals surface area contributed by atoms with Gasteiger partial charge in [-0.15, -0.1) is 0 Å². The van der Waals surface area contributed by atoms with E-state index in [1.54, 1.807) is 42.5 Å². The first-order valence-corrected chi connectivity index (χ1v) is 10.9. The number of carboxylic acids is 1. The van der Waals surface area contributed by atoms with Crippen LogP contribution in [0.2, 0.25) is 0 Å². The van der Waals surface area contributed by atoms with Gasteiger partial charge in [-0.05, 0) is 36.6 Å². The second-order valence-corrected chi connectivity index (χ2v) is 8.04. The molecule has 0 aliphatic heterocycles. The molecule has 2 aromatic carbocycles. The molecular weight excluding hydrogens is 456 g/mol. The molecule has 0 radical (unpaired) electrons. The van der Waals surface area contributed by atoms with Gasteiger partial charge in [0.15, 0.2) is 0 Å². The van der Waals surface area contributed by atoms with Gasteiger partial charge in [0.25, 0.3) is 0 Å². The van der Waals surface area contributed by atoms with Crippen LogP contribution in [0.5, 0.6) is 5.75 Å². The van der Waals surface area contributed by atoms with Gasteiger partial charge in [-0.25, -0.2) is 4.79 Å². The number of aromatic hydroxyl groups is 1. The zero-order valence-corrected chi connectivity index (χ0v) is 19.2. The predicted octanol–water partition coefficient (Wildman–Crippen LogP) is -0.944. The second-order valence-electron chi connectivity index (χ2n) is 8.04. The number of carbonyl (C=O) groups is 4. The van der Waals surface area contributed by atoms with Crippen LogP contribution in [0, 0.1) is 0 Å². The molecule has 0 heterocycles. The third kappa shape index (κ3) is 8.72. The number of carboxylic acid groups (broad SMARTS) is 1. The van der Waals surface area contributed by atoms with Gasteiger partial charge in [-0.1, -0.05) is 42.5 Å². The normalized spacial score (nSPS) is 14.1. The van der Waals surface area contributed by atoms with Crippen molar-refractivity contribution in [1.29, 1.82) is 0 Å². The molecule has 4 atom stereocenters. The average molecular weight is 487 g/mol. The van der Waals surface area contributed by atoms with Gasteiger partial charge >= 0.3 is 5.97 Å². The maximum atomic E-state index is 12.5. The lowest BCUT2D eigenvalue weighted by Gasteiger charge is -2.22. The Labute approximate surface area is 202 Å². The first-order chi connectivity index (χ1) is 16.6. The van der Waals surface area contributed by atoms with Gasteiger partial charge < -0.3 is 37.0 Å². The van der Waals surface area contributed by atoms with Gasteiger partial charge in [0.05, 0.1) is 12.6 Å². The largest absolute Gasteiger partial charge is 0.508 e. The highest BCUT2D eigenvalue weighted by Crippen LogP contribution is 2.11. The van der Waals surface area contributed by atoms with Crippen LogP contribution in [-0.2, 0) is 32.0 Å². The van der Waals surface area contributed by atoms with Crippen LogP contribution in [0.4, 0.5) is 0 Å². The SMILES string of the molecule is CC(NC(=O)C(CO)NC(=O)C(N)Cc1ccc(O)cc1)C(=O)NC(Cc1ccccc1)C(=O)O. The minimum Gasteiger partial charge on any atom is -0.508 e. The first kappa shape index (κ1) is 27.3. The molecule has 0 fully saturated rings. The predicted molar refractivity (Wildman–Crippen MR) is 126 cm³/mol. The molecule has 4 unspecified atom stereocenters. The Morgan fingerprint density at radius 2 is 1.37 bits per heavy atom. The average Bonchev–Trinajstić information content (AvgIpc) is 2.83. The van der Waals surface area contributed by atoms with Crippen molar-refractivity contribution in [3.05, 3.63) is 65.7 Å². The lowest BCUT2D eigenvalue weighted by molar-refractivity contribution is -0.142. The summed E-state index contributed by atoms with van der Waals surface area (Å²) in [7, 11) is 0. The van der Waals surface area contributed by atoms with Crippen LogP contribution in [0.1, 0.15) is 18.1 Å². The van der Waals surface area contributed by atoms with E-state index in [1.165, 1.54) is 19.1 Å². The summed E-state index contributed by atoms with van der Waals surface area (Å²) in [6, 6.07) is 10.1. The molecule has 11 heteroatoms. The molecular formula is C24H30N4O7. The number of rotatable bonds is 12. The van der Waals surface area contributed by atoms with Crippen molar-refractivity contribution in [1.82, 2.24) is 16.0 Å². The molecule has 0 bridgehead atoms. The number of hydrogen-bond donors (Lipinski definition) is 7. The van der Waals surface area contributed by atoms with Crippen molar-refractivity contribution in [2.75, 3.05) is 6.61 Å². The molecule has 2 aromatic rings. The van der Waals surface area contributed by atoms with Crippen LogP contribution < -0.4 is 21.7 Å². The van der Waals surface area contributed by atoms with Crippen molar-refractivity contribution in [2.45, 2.75) is 43.9 Å². The number of benzene rings is 2. The summed E-state index contributed by atoms with van der Waals surface area (Å²) < 4.78 is 0. The molecule has 0 aliphatic rings. The summed E-state index contributed by atoms with van der Waals surface area (Å²) in [5.74, 6) is -3.44. The highest BCUT2D eigenvalue weighted by atomic mass is 16.4. The fraction of sp³-hybridized carbons (Fsp3) is 0.333. The maximum absolute atomic E-state index is 12.5. The molecule has 0 saturated carbocycles. The zero-order valence-electron chi connectivity index (χ0n) is 19.2. The molecule has 11 nitrogen and oxygen atoms in total. The molecule has 8 N–H and O–H groups in total. The second kappa shape index (κ2) is 13.1. The quantitative estimate of drug-likeness (QED) is 0.200. The van der Waals surface area contributed by atoms with E-state index in [1.807, 2.05) is 0 Å². The highest BCUT2D eigenvalue weighted by Gasteiger charge is 2.28. The molecule has 35 heavy (non-hydrogen) atoms. The molecule has 0 aliphatic carbocycles. The van der Waals surface area contributed by atoms with Crippen LogP contribution in [0.3, 0.4) is 0 Å². The van der Waals surface area contributed by atoms with Gasteiger partial charge in [-0.2, -0.15) is 0 Å². The maximum Gasteiger partial charge on any atom is 0.326 e. The Bertz CT molecular complexity index is 1010. The topological polar surface area (TPSA) is 191 Å². The lowest BCUT2D eigenvalue weighted by atomic mass is 10.1. The molecule has 0 aromatic heterocycles. The smallest absolute Gasteiger partial charge is 0.326 e. The number of phenolic OH excluding ortho intramolecular Hbond substituents is 1.